The molecule has 2 amide bonds. The second-order valence-corrected chi connectivity index (χ2v) is 7.01. The summed E-state index contributed by atoms with van der Waals surface area (Å²) < 4.78 is 17.9. The Balaban J connectivity index is 1.43. The van der Waals surface area contributed by atoms with Crippen LogP contribution in [0.1, 0.15) is 37.7 Å². The molecule has 0 aromatic heterocycles. The molecule has 6 nitrogen and oxygen atoms in total. The largest absolute Gasteiger partial charge is 0.466 e. The van der Waals surface area contributed by atoms with Crippen LogP contribution in [0.2, 0.25) is 0 Å². The van der Waals surface area contributed by atoms with Gasteiger partial charge in [0.1, 0.15) is 5.82 Å². The van der Waals surface area contributed by atoms with Crippen LogP contribution >= 0.6 is 0 Å². The Bertz CT molecular complexity index is 698. The van der Waals surface area contributed by atoms with Gasteiger partial charge in [-0.25, -0.2) is 4.39 Å². The topological polar surface area (TPSA) is 66.9 Å². The first-order chi connectivity index (χ1) is 13.0. The second-order valence-electron chi connectivity index (χ2n) is 7.01. The van der Waals surface area contributed by atoms with Gasteiger partial charge in [-0.3, -0.25) is 14.4 Å². The van der Waals surface area contributed by atoms with E-state index >= 15 is 0 Å². The number of rotatable bonds is 6. The molecule has 0 spiro atoms. The van der Waals surface area contributed by atoms with Crippen molar-refractivity contribution >= 4 is 17.8 Å². The second kappa shape index (κ2) is 8.50. The fourth-order valence-corrected chi connectivity index (χ4v) is 3.56. The van der Waals surface area contributed by atoms with Gasteiger partial charge in [0.25, 0.3) is 0 Å². The molecule has 1 saturated heterocycles. The van der Waals surface area contributed by atoms with E-state index in [4.69, 9.17) is 4.74 Å². The lowest BCUT2D eigenvalue weighted by Crippen LogP contribution is -2.51. The average molecular weight is 376 g/mol. The highest BCUT2D eigenvalue weighted by atomic mass is 19.1. The molecule has 3 rings (SSSR count). The van der Waals surface area contributed by atoms with E-state index in [1.54, 1.807) is 24.0 Å². The third-order valence-corrected chi connectivity index (χ3v) is 5.20. The van der Waals surface area contributed by atoms with Gasteiger partial charge in [-0.2, -0.15) is 0 Å². The van der Waals surface area contributed by atoms with Gasteiger partial charge >= 0.3 is 5.97 Å². The van der Waals surface area contributed by atoms with Gasteiger partial charge < -0.3 is 14.5 Å². The first-order valence-corrected chi connectivity index (χ1v) is 9.47. The molecular weight excluding hydrogens is 351 g/mol. The van der Waals surface area contributed by atoms with Gasteiger partial charge in [0.15, 0.2) is 0 Å². The smallest absolute Gasteiger partial charge is 0.306 e. The van der Waals surface area contributed by atoms with Crippen molar-refractivity contribution in [3.8, 4) is 0 Å². The molecule has 2 aliphatic rings. The monoisotopic (exact) mass is 376 g/mol. The summed E-state index contributed by atoms with van der Waals surface area (Å²) >= 11 is 0. The van der Waals surface area contributed by atoms with Crippen molar-refractivity contribution in [2.24, 2.45) is 5.92 Å². The molecule has 0 N–H and O–H groups in total. The Morgan fingerprint density at radius 3 is 2.30 bits per heavy atom. The number of esters is 1. The van der Waals surface area contributed by atoms with E-state index in [2.05, 4.69) is 0 Å². The maximum Gasteiger partial charge on any atom is 0.306 e. The van der Waals surface area contributed by atoms with E-state index in [0.717, 1.165) is 12.0 Å². The normalized spacial score (nSPS) is 21.7. The molecule has 1 aromatic carbocycles. The summed E-state index contributed by atoms with van der Waals surface area (Å²) in [6.45, 7) is 4.04. The lowest BCUT2D eigenvalue weighted by atomic mass is 10.1. The van der Waals surface area contributed by atoms with Crippen LogP contribution in [0.15, 0.2) is 24.3 Å². The van der Waals surface area contributed by atoms with Crippen LogP contribution in [-0.2, 0) is 19.1 Å². The van der Waals surface area contributed by atoms with Crippen molar-refractivity contribution in [1.82, 2.24) is 9.80 Å². The number of halogens is 1. The SMILES string of the molecule is CCOC(=O)CCC(=O)N1CCN(C(=O)C2CC2c2ccc(F)cc2)CC1. The summed E-state index contributed by atoms with van der Waals surface area (Å²) in [5, 5.41) is 0. The molecule has 1 heterocycles. The minimum Gasteiger partial charge on any atom is -0.466 e. The maximum atomic E-state index is 13.0. The zero-order valence-corrected chi connectivity index (χ0v) is 15.5. The summed E-state index contributed by atoms with van der Waals surface area (Å²) in [5.74, 6) is -0.469. The average Bonchev–Trinajstić information content (AvgIpc) is 3.47. The summed E-state index contributed by atoms with van der Waals surface area (Å²) in [5.41, 5.74) is 1.00. The number of nitrogens with zero attached hydrogens (tertiary/aromatic N) is 2. The molecule has 2 unspecified atom stereocenters. The number of amides is 2. The third kappa shape index (κ3) is 4.84. The van der Waals surface area contributed by atoms with Crippen molar-refractivity contribution in [3.63, 3.8) is 0 Å². The van der Waals surface area contributed by atoms with Gasteiger partial charge in [0.2, 0.25) is 11.8 Å². The number of benzene rings is 1. The number of hydrogen-bond acceptors (Lipinski definition) is 4. The van der Waals surface area contributed by atoms with Gasteiger partial charge in [-0.15, -0.1) is 0 Å². The van der Waals surface area contributed by atoms with Crippen LogP contribution in [0.5, 0.6) is 0 Å². The molecule has 0 radical (unpaired) electrons. The van der Waals surface area contributed by atoms with E-state index in [0.29, 0.717) is 32.8 Å². The highest BCUT2D eigenvalue weighted by molar-refractivity contribution is 5.84. The highest BCUT2D eigenvalue weighted by Gasteiger charge is 2.46. The van der Waals surface area contributed by atoms with E-state index in [1.807, 2.05) is 4.90 Å². The minimum atomic E-state index is -0.361. The van der Waals surface area contributed by atoms with Crippen LogP contribution in [0.3, 0.4) is 0 Å². The Hall–Kier alpha value is -2.44. The van der Waals surface area contributed by atoms with Crippen LogP contribution in [0.25, 0.3) is 0 Å². The van der Waals surface area contributed by atoms with Crippen molar-refractivity contribution in [2.75, 3.05) is 32.8 Å². The minimum absolute atomic E-state index is 0.0403. The zero-order valence-electron chi connectivity index (χ0n) is 15.5. The Morgan fingerprint density at radius 1 is 1.04 bits per heavy atom. The summed E-state index contributed by atoms with van der Waals surface area (Å²) in [6.07, 6.45) is 1.03. The predicted octanol–water partition coefficient (Wildman–Crippen LogP) is 1.94. The molecule has 1 aliphatic carbocycles. The molecule has 1 aromatic rings. The van der Waals surface area contributed by atoms with Crippen LogP contribution in [0, 0.1) is 11.7 Å². The fourth-order valence-electron chi connectivity index (χ4n) is 3.56. The summed E-state index contributed by atoms with van der Waals surface area (Å²) in [7, 11) is 0. The first-order valence-electron chi connectivity index (χ1n) is 9.47. The molecule has 1 aliphatic heterocycles. The Kier molecular flexibility index (Phi) is 6.08. The standard InChI is InChI=1S/C20H25FN2O4/c1-2-27-19(25)8-7-18(24)22-9-11-23(12-10-22)20(26)17-13-16(17)14-3-5-15(21)6-4-14/h3-6,16-17H,2,7-13H2,1H3. The van der Waals surface area contributed by atoms with Crippen molar-refractivity contribution in [1.29, 1.82) is 0 Å². The molecule has 1 saturated carbocycles. The molecule has 0 bridgehead atoms. The fraction of sp³-hybridized carbons (Fsp3) is 0.550. The summed E-state index contributed by atoms with van der Waals surface area (Å²) in [4.78, 5) is 39.7. The number of piperazine rings is 1. The zero-order chi connectivity index (χ0) is 19.4. The van der Waals surface area contributed by atoms with Crippen LogP contribution < -0.4 is 0 Å². The highest BCUT2D eigenvalue weighted by Crippen LogP contribution is 2.48. The van der Waals surface area contributed by atoms with E-state index in [9.17, 15) is 18.8 Å². The quantitative estimate of drug-likeness (QED) is 0.712. The molecule has 2 atom stereocenters. The molecule has 7 heteroatoms. The molecule has 146 valence electrons. The van der Waals surface area contributed by atoms with Crippen molar-refractivity contribution in [2.45, 2.75) is 32.1 Å². The first kappa shape index (κ1) is 19.3. The number of ether oxygens (including phenoxy) is 1. The Labute approximate surface area is 158 Å². The van der Waals surface area contributed by atoms with E-state index in [-0.39, 0.29) is 48.3 Å². The molecular formula is C20H25FN2O4. The van der Waals surface area contributed by atoms with Gasteiger partial charge in [-0.05, 0) is 37.0 Å². The van der Waals surface area contributed by atoms with E-state index in [1.165, 1.54) is 12.1 Å². The van der Waals surface area contributed by atoms with Crippen LogP contribution in [0.4, 0.5) is 4.39 Å². The molecule has 27 heavy (non-hydrogen) atoms. The van der Waals surface area contributed by atoms with Gasteiger partial charge in [-0.1, -0.05) is 12.1 Å². The lowest BCUT2D eigenvalue weighted by Gasteiger charge is -2.35. The van der Waals surface area contributed by atoms with E-state index < -0.39 is 0 Å². The lowest BCUT2D eigenvalue weighted by molar-refractivity contribution is -0.146. The molecule has 2 fully saturated rings. The third-order valence-electron chi connectivity index (χ3n) is 5.20. The van der Waals surface area contributed by atoms with Gasteiger partial charge in [0, 0.05) is 38.5 Å². The number of carbonyl (C=O) groups excluding carboxylic acids is 3. The van der Waals surface area contributed by atoms with Crippen molar-refractivity contribution < 1.29 is 23.5 Å². The van der Waals surface area contributed by atoms with Crippen molar-refractivity contribution in [3.05, 3.63) is 35.6 Å². The number of hydrogen-bond donors (Lipinski definition) is 0. The van der Waals surface area contributed by atoms with Gasteiger partial charge in [0.05, 0.1) is 13.0 Å². The number of carbonyl (C=O) groups is 3. The predicted molar refractivity (Wildman–Crippen MR) is 96.3 cm³/mol. The Morgan fingerprint density at radius 2 is 1.67 bits per heavy atom. The van der Waals surface area contributed by atoms with Crippen LogP contribution in [-0.4, -0.2) is 60.4 Å². The maximum absolute atomic E-state index is 13.0. The summed E-state index contributed by atoms with van der Waals surface area (Å²) in [6, 6.07) is 6.34.